The topological polar surface area (TPSA) is 34.1 Å². The molecule has 0 bridgehead atoms. The predicted molar refractivity (Wildman–Crippen MR) is 40.5 cm³/mol. The van der Waals surface area contributed by atoms with E-state index < -0.39 is 20.5 Å². The maximum atomic E-state index is 10.2. The number of carbonyl (C=O) groups is 2. The van der Waals surface area contributed by atoms with E-state index in [1.165, 1.54) is 0 Å². The average Bonchev–Trinajstić information content (AvgIpc) is 1.84. The Morgan fingerprint density at radius 1 is 0.700 bits per heavy atom. The Bertz CT molecular complexity index is 185. The molecule has 0 unspecified atom stereocenters. The highest BCUT2D eigenvalue weighted by Gasteiger charge is 2.13. The summed E-state index contributed by atoms with van der Waals surface area (Å²) in [6.45, 7) is 0. The summed E-state index contributed by atoms with van der Waals surface area (Å²) in [5, 5.41) is -3.16. The van der Waals surface area contributed by atoms with E-state index in [1.54, 1.807) is 0 Å². The molecule has 2 nitrogen and oxygen atoms in total. The molecule has 0 rings (SSSR count). The Morgan fingerprint density at radius 2 is 0.900 bits per heavy atom. The van der Waals surface area contributed by atoms with Gasteiger partial charge in [0.05, 0.1) is 0 Å². The van der Waals surface area contributed by atoms with Crippen LogP contribution in [0.1, 0.15) is 0 Å². The lowest BCUT2D eigenvalue weighted by molar-refractivity contribution is -0.110. The van der Waals surface area contributed by atoms with Gasteiger partial charge in [0.1, 0.15) is 10.1 Å². The Balaban J connectivity index is 4.67. The highest BCUT2D eigenvalue weighted by atomic mass is 35.5. The maximum Gasteiger partial charge on any atom is 0.265 e. The van der Waals surface area contributed by atoms with Crippen molar-refractivity contribution in [3.8, 4) is 0 Å². The first-order valence-electron chi connectivity index (χ1n) is 1.91. The van der Waals surface area contributed by atoms with Gasteiger partial charge in [-0.2, -0.15) is 0 Å². The lowest BCUT2D eigenvalue weighted by Gasteiger charge is -1.89. The molecule has 0 radical (unpaired) electrons. The van der Waals surface area contributed by atoms with Crippen LogP contribution < -0.4 is 0 Å². The van der Waals surface area contributed by atoms with Crippen molar-refractivity contribution in [1.82, 2.24) is 0 Å². The zero-order chi connectivity index (χ0) is 8.31. The minimum absolute atomic E-state index is 0.566. The van der Waals surface area contributed by atoms with Crippen LogP contribution in [0.25, 0.3) is 0 Å². The van der Waals surface area contributed by atoms with Crippen LogP contribution in [-0.2, 0) is 9.59 Å². The summed E-state index contributed by atoms with van der Waals surface area (Å²) in [7, 11) is 0. The third-order valence-electron chi connectivity index (χ3n) is 0.538. The van der Waals surface area contributed by atoms with Gasteiger partial charge in [0, 0.05) is 0 Å². The molecular formula is C4Cl4O2. The zero-order valence-corrected chi connectivity index (χ0v) is 7.35. The lowest BCUT2D eigenvalue weighted by atomic mass is 10.5. The molecule has 0 spiro atoms. The highest BCUT2D eigenvalue weighted by molar-refractivity contribution is 6.80. The van der Waals surface area contributed by atoms with Gasteiger partial charge in [-0.05, 0) is 23.2 Å². The van der Waals surface area contributed by atoms with Gasteiger partial charge in [-0.25, -0.2) is 0 Å². The van der Waals surface area contributed by atoms with Gasteiger partial charge >= 0.3 is 0 Å². The van der Waals surface area contributed by atoms with Crippen molar-refractivity contribution >= 4 is 56.9 Å². The Kier molecular flexibility index (Phi) is 4.29. The molecule has 0 aromatic rings. The van der Waals surface area contributed by atoms with E-state index in [-0.39, 0.29) is 0 Å². The van der Waals surface area contributed by atoms with Gasteiger partial charge in [-0.3, -0.25) is 9.59 Å². The summed E-state index contributed by atoms with van der Waals surface area (Å²) in [6, 6.07) is 0. The van der Waals surface area contributed by atoms with Crippen molar-refractivity contribution in [2.45, 2.75) is 0 Å². The van der Waals surface area contributed by atoms with Crippen LogP contribution >= 0.6 is 46.4 Å². The van der Waals surface area contributed by atoms with E-state index in [1.807, 2.05) is 0 Å². The van der Waals surface area contributed by atoms with Gasteiger partial charge in [0.15, 0.2) is 0 Å². The van der Waals surface area contributed by atoms with Crippen molar-refractivity contribution in [2.75, 3.05) is 0 Å². The largest absolute Gasteiger partial charge is 0.275 e. The molecule has 10 heavy (non-hydrogen) atoms. The van der Waals surface area contributed by atoms with Crippen molar-refractivity contribution in [1.29, 1.82) is 0 Å². The summed E-state index contributed by atoms with van der Waals surface area (Å²) in [5.74, 6) is 0. The number of rotatable bonds is 2. The van der Waals surface area contributed by atoms with E-state index in [0.29, 0.717) is 0 Å². The first-order chi connectivity index (χ1) is 4.46. The number of hydrogen-bond acceptors (Lipinski definition) is 2. The number of halogens is 4. The van der Waals surface area contributed by atoms with Gasteiger partial charge < -0.3 is 0 Å². The molecule has 0 N–H and O–H groups in total. The third kappa shape index (κ3) is 2.88. The van der Waals surface area contributed by atoms with E-state index >= 15 is 0 Å². The zero-order valence-electron chi connectivity index (χ0n) is 4.33. The smallest absolute Gasteiger partial charge is 0.265 e. The SMILES string of the molecule is O=C(Cl)C(Cl)=C(Cl)C(=O)Cl. The molecule has 6 heteroatoms. The Morgan fingerprint density at radius 3 is 1.00 bits per heavy atom. The third-order valence-corrected chi connectivity index (χ3v) is 1.93. The van der Waals surface area contributed by atoms with Gasteiger partial charge in [0.2, 0.25) is 0 Å². The first kappa shape index (κ1) is 10.2. The van der Waals surface area contributed by atoms with Gasteiger partial charge in [-0.1, -0.05) is 23.2 Å². The van der Waals surface area contributed by atoms with Crippen molar-refractivity contribution in [3.05, 3.63) is 10.1 Å². The molecule has 0 atom stereocenters. The fourth-order valence-electron chi connectivity index (χ4n) is 0.173. The molecule has 0 aliphatic heterocycles. The van der Waals surface area contributed by atoms with Crippen LogP contribution in [0.3, 0.4) is 0 Å². The fraction of sp³-hybridized carbons (Fsp3) is 0. The van der Waals surface area contributed by atoms with Crippen LogP contribution in [0.2, 0.25) is 0 Å². The quantitative estimate of drug-likeness (QED) is 0.530. The van der Waals surface area contributed by atoms with Crippen LogP contribution in [0, 0.1) is 0 Å². The van der Waals surface area contributed by atoms with E-state index in [9.17, 15) is 9.59 Å². The number of hydrogen-bond donors (Lipinski definition) is 0. The molecule has 0 aromatic carbocycles. The second kappa shape index (κ2) is 4.19. The standard InChI is InChI=1S/C4Cl4O2/c5-1(3(7)9)2(6)4(8)10. The number of allylic oxidation sites excluding steroid dienone is 2. The molecule has 0 fully saturated rings. The fourth-order valence-corrected chi connectivity index (χ4v) is 0.630. The van der Waals surface area contributed by atoms with Gasteiger partial charge in [-0.15, -0.1) is 0 Å². The molecule has 0 amide bonds. The van der Waals surface area contributed by atoms with Gasteiger partial charge in [0.25, 0.3) is 10.5 Å². The second-order valence-corrected chi connectivity index (χ2v) is 2.62. The first-order valence-corrected chi connectivity index (χ1v) is 3.43. The molecule has 0 saturated carbocycles. The monoisotopic (exact) mass is 220 g/mol. The highest BCUT2D eigenvalue weighted by Crippen LogP contribution is 2.18. The normalized spacial score (nSPS) is 12.4. The van der Waals surface area contributed by atoms with E-state index in [4.69, 9.17) is 46.4 Å². The predicted octanol–water partition coefficient (Wildman–Crippen LogP) is 2.21. The number of carbonyl (C=O) groups excluding carboxylic acids is 2. The van der Waals surface area contributed by atoms with Crippen LogP contribution in [-0.4, -0.2) is 10.5 Å². The molecule has 0 aromatic heterocycles. The summed E-state index contributed by atoms with van der Waals surface area (Å²) in [4.78, 5) is 20.3. The summed E-state index contributed by atoms with van der Waals surface area (Å²) in [5.41, 5.74) is 0. The molecule has 0 aliphatic carbocycles. The van der Waals surface area contributed by atoms with Crippen LogP contribution in [0.5, 0.6) is 0 Å². The molecule has 0 heterocycles. The Hall–Kier alpha value is 0.240. The van der Waals surface area contributed by atoms with Crippen LogP contribution in [0.15, 0.2) is 10.1 Å². The minimum atomic E-state index is -1.01. The van der Waals surface area contributed by atoms with E-state index in [2.05, 4.69) is 0 Å². The maximum absolute atomic E-state index is 10.2. The summed E-state index contributed by atoms with van der Waals surface area (Å²) in [6.07, 6.45) is 0. The average molecular weight is 222 g/mol. The van der Waals surface area contributed by atoms with Crippen molar-refractivity contribution in [3.63, 3.8) is 0 Å². The summed E-state index contributed by atoms with van der Waals surface area (Å²) < 4.78 is 0. The molecular weight excluding hydrogens is 222 g/mol. The molecule has 0 aliphatic rings. The lowest BCUT2D eigenvalue weighted by Crippen LogP contribution is -1.94. The van der Waals surface area contributed by atoms with Crippen molar-refractivity contribution < 1.29 is 9.59 Å². The van der Waals surface area contributed by atoms with Crippen LogP contribution in [0.4, 0.5) is 0 Å². The van der Waals surface area contributed by atoms with E-state index in [0.717, 1.165) is 0 Å². The molecule has 0 saturated heterocycles. The minimum Gasteiger partial charge on any atom is -0.275 e. The second-order valence-electron chi connectivity index (χ2n) is 1.18. The van der Waals surface area contributed by atoms with Crippen molar-refractivity contribution in [2.24, 2.45) is 0 Å². The summed E-state index contributed by atoms with van der Waals surface area (Å²) >= 11 is 19.9. The Labute approximate surface area is 76.7 Å². The molecule has 56 valence electrons.